The molecule has 0 saturated heterocycles. The molecule has 0 saturated carbocycles. The van der Waals surface area contributed by atoms with Crippen molar-refractivity contribution in [3.63, 3.8) is 0 Å². The van der Waals surface area contributed by atoms with E-state index in [9.17, 15) is 0 Å². The van der Waals surface area contributed by atoms with Crippen molar-refractivity contribution in [2.75, 3.05) is 6.54 Å². The molecule has 1 heterocycles. The second kappa shape index (κ2) is 5.28. The predicted octanol–water partition coefficient (Wildman–Crippen LogP) is 3.25. The van der Waals surface area contributed by atoms with Gasteiger partial charge < -0.3 is 5.73 Å². The Labute approximate surface area is 103 Å². The number of fused-ring (bicyclic) bond motifs is 1. The van der Waals surface area contributed by atoms with Gasteiger partial charge >= 0.3 is 0 Å². The molecule has 0 aliphatic rings. The third-order valence-electron chi connectivity index (χ3n) is 3.42. The zero-order valence-corrected chi connectivity index (χ0v) is 10.6. The van der Waals surface area contributed by atoms with Crippen LogP contribution in [-0.2, 0) is 6.42 Å². The van der Waals surface area contributed by atoms with Gasteiger partial charge in [0.2, 0.25) is 0 Å². The molecule has 0 aliphatic heterocycles. The van der Waals surface area contributed by atoms with Gasteiger partial charge in [-0.05, 0) is 47.9 Å². The fraction of sp³-hybridized carbons (Fsp3) is 0.400. The molecule has 0 radical (unpaired) electrons. The Morgan fingerprint density at radius 1 is 1.29 bits per heavy atom. The molecule has 1 aromatic carbocycles. The zero-order valence-electron chi connectivity index (χ0n) is 10.6. The van der Waals surface area contributed by atoms with E-state index < -0.39 is 0 Å². The number of aryl methyl sites for hydroxylation is 1. The summed E-state index contributed by atoms with van der Waals surface area (Å²) < 4.78 is 0. The van der Waals surface area contributed by atoms with Gasteiger partial charge in [0, 0.05) is 17.8 Å². The number of pyridine rings is 1. The molecular formula is C15H20N2. The van der Waals surface area contributed by atoms with E-state index in [0.29, 0.717) is 5.92 Å². The van der Waals surface area contributed by atoms with E-state index in [-0.39, 0.29) is 0 Å². The number of benzene rings is 1. The van der Waals surface area contributed by atoms with Crippen LogP contribution in [0.3, 0.4) is 0 Å². The van der Waals surface area contributed by atoms with Crippen LogP contribution in [0.1, 0.15) is 37.3 Å². The number of aromatic nitrogens is 1. The van der Waals surface area contributed by atoms with Crippen LogP contribution in [0.25, 0.3) is 10.8 Å². The minimum Gasteiger partial charge on any atom is -0.330 e. The Balaban J connectivity index is 2.44. The molecule has 2 rings (SSSR count). The van der Waals surface area contributed by atoms with Crippen molar-refractivity contribution in [3.8, 4) is 0 Å². The van der Waals surface area contributed by atoms with Crippen molar-refractivity contribution >= 4 is 10.8 Å². The van der Waals surface area contributed by atoms with Crippen LogP contribution in [0.15, 0.2) is 30.6 Å². The smallest absolute Gasteiger partial charge is 0.0346 e. The van der Waals surface area contributed by atoms with E-state index in [1.165, 1.54) is 21.9 Å². The van der Waals surface area contributed by atoms with Crippen molar-refractivity contribution in [1.29, 1.82) is 0 Å². The van der Waals surface area contributed by atoms with E-state index in [4.69, 9.17) is 5.73 Å². The monoisotopic (exact) mass is 228 g/mol. The Bertz CT molecular complexity index is 505. The second-order valence-electron chi connectivity index (χ2n) is 4.61. The van der Waals surface area contributed by atoms with Crippen molar-refractivity contribution < 1.29 is 0 Å². The molecule has 2 heteroatoms. The summed E-state index contributed by atoms with van der Waals surface area (Å²) in [5.74, 6) is 0.523. The van der Waals surface area contributed by atoms with Crippen LogP contribution in [0, 0.1) is 0 Å². The Morgan fingerprint density at radius 2 is 2.12 bits per heavy atom. The summed E-state index contributed by atoms with van der Waals surface area (Å²) in [7, 11) is 0. The van der Waals surface area contributed by atoms with Gasteiger partial charge in [-0.2, -0.15) is 0 Å². The third kappa shape index (κ3) is 2.47. The molecule has 1 aromatic heterocycles. The van der Waals surface area contributed by atoms with Crippen LogP contribution < -0.4 is 5.73 Å². The number of hydrogen-bond donors (Lipinski definition) is 1. The van der Waals surface area contributed by atoms with Gasteiger partial charge in [-0.3, -0.25) is 4.98 Å². The number of nitrogens with zero attached hydrogens (tertiary/aromatic N) is 1. The highest BCUT2D eigenvalue weighted by atomic mass is 14.6. The van der Waals surface area contributed by atoms with E-state index in [2.05, 4.69) is 37.0 Å². The minimum absolute atomic E-state index is 0.523. The fourth-order valence-corrected chi connectivity index (χ4v) is 2.26. The second-order valence-corrected chi connectivity index (χ2v) is 4.61. The standard InChI is InChI=1S/C15H20N2/c1-3-12-9-17-10-14-8-13(4-5-15(12)14)11(2)6-7-16/h4-5,8-11H,3,6-7,16H2,1-2H3. The first-order chi connectivity index (χ1) is 8.26. The van der Waals surface area contributed by atoms with Crippen LogP contribution in [0.5, 0.6) is 0 Å². The molecule has 2 N–H and O–H groups in total. The van der Waals surface area contributed by atoms with Gasteiger partial charge in [-0.1, -0.05) is 26.0 Å². The van der Waals surface area contributed by atoms with E-state index >= 15 is 0 Å². The highest BCUT2D eigenvalue weighted by Gasteiger charge is 2.06. The summed E-state index contributed by atoms with van der Waals surface area (Å²) in [5, 5.41) is 2.57. The largest absolute Gasteiger partial charge is 0.330 e. The Morgan fingerprint density at radius 3 is 2.82 bits per heavy atom. The molecule has 0 fully saturated rings. The van der Waals surface area contributed by atoms with Gasteiger partial charge in [0.15, 0.2) is 0 Å². The quantitative estimate of drug-likeness (QED) is 0.872. The first kappa shape index (κ1) is 12.1. The summed E-state index contributed by atoms with van der Waals surface area (Å²) in [6.45, 7) is 5.14. The van der Waals surface area contributed by atoms with Gasteiger partial charge in [-0.15, -0.1) is 0 Å². The zero-order chi connectivity index (χ0) is 12.3. The maximum absolute atomic E-state index is 5.61. The van der Waals surface area contributed by atoms with Crippen molar-refractivity contribution in [1.82, 2.24) is 4.98 Å². The van der Waals surface area contributed by atoms with Crippen LogP contribution >= 0.6 is 0 Å². The van der Waals surface area contributed by atoms with Crippen molar-refractivity contribution in [3.05, 3.63) is 41.7 Å². The Kier molecular flexibility index (Phi) is 3.75. The average Bonchev–Trinajstić information content (AvgIpc) is 2.37. The first-order valence-corrected chi connectivity index (χ1v) is 6.32. The molecule has 0 spiro atoms. The number of rotatable bonds is 4. The molecule has 0 amide bonds. The maximum atomic E-state index is 5.61. The SMILES string of the molecule is CCc1cncc2cc(C(C)CCN)ccc12. The minimum atomic E-state index is 0.523. The summed E-state index contributed by atoms with van der Waals surface area (Å²) in [4.78, 5) is 4.31. The first-order valence-electron chi connectivity index (χ1n) is 6.32. The molecule has 17 heavy (non-hydrogen) atoms. The highest BCUT2D eigenvalue weighted by Crippen LogP contribution is 2.25. The van der Waals surface area contributed by atoms with Gasteiger partial charge in [0.25, 0.3) is 0 Å². The van der Waals surface area contributed by atoms with Crippen LogP contribution in [0.2, 0.25) is 0 Å². The van der Waals surface area contributed by atoms with E-state index in [1.807, 2.05) is 12.4 Å². The maximum Gasteiger partial charge on any atom is 0.0346 e. The molecule has 2 aromatic rings. The van der Waals surface area contributed by atoms with E-state index in [0.717, 1.165) is 19.4 Å². The highest BCUT2D eigenvalue weighted by molar-refractivity contribution is 5.85. The molecule has 1 unspecified atom stereocenters. The molecule has 1 atom stereocenters. The number of hydrogen-bond acceptors (Lipinski definition) is 2. The van der Waals surface area contributed by atoms with Crippen LogP contribution in [-0.4, -0.2) is 11.5 Å². The van der Waals surface area contributed by atoms with Gasteiger partial charge in [-0.25, -0.2) is 0 Å². The van der Waals surface area contributed by atoms with Crippen LogP contribution in [0.4, 0.5) is 0 Å². The molecule has 0 aliphatic carbocycles. The summed E-state index contributed by atoms with van der Waals surface area (Å²) in [6, 6.07) is 6.70. The fourth-order valence-electron chi connectivity index (χ4n) is 2.26. The summed E-state index contributed by atoms with van der Waals surface area (Å²) in [5.41, 5.74) is 8.29. The lowest BCUT2D eigenvalue weighted by atomic mass is 9.94. The third-order valence-corrected chi connectivity index (χ3v) is 3.42. The molecule has 2 nitrogen and oxygen atoms in total. The molecule has 90 valence electrons. The van der Waals surface area contributed by atoms with Crippen molar-refractivity contribution in [2.45, 2.75) is 32.6 Å². The summed E-state index contributed by atoms with van der Waals surface area (Å²) in [6.07, 6.45) is 5.98. The van der Waals surface area contributed by atoms with E-state index in [1.54, 1.807) is 0 Å². The summed E-state index contributed by atoms with van der Waals surface area (Å²) >= 11 is 0. The molecular weight excluding hydrogens is 208 g/mol. The topological polar surface area (TPSA) is 38.9 Å². The predicted molar refractivity (Wildman–Crippen MR) is 73.2 cm³/mol. The average molecular weight is 228 g/mol. The van der Waals surface area contributed by atoms with Gasteiger partial charge in [0.05, 0.1) is 0 Å². The normalized spacial score (nSPS) is 12.9. The molecule has 0 bridgehead atoms. The Hall–Kier alpha value is -1.41. The lowest BCUT2D eigenvalue weighted by Crippen LogP contribution is -2.04. The van der Waals surface area contributed by atoms with Crippen molar-refractivity contribution in [2.24, 2.45) is 5.73 Å². The number of nitrogens with two attached hydrogens (primary N) is 1. The van der Waals surface area contributed by atoms with Gasteiger partial charge in [0.1, 0.15) is 0 Å². The lowest BCUT2D eigenvalue weighted by Gasteiger charge is -2.12. The lowest BCUT2D eigenvalue weighted by molar-refractivity contribution is 0.691.